The number of halogens is 1. The summed E-state index contributed by atoms with van der Waals surface area (Å²) < 4.78 is 5.11. The maximum atomic E-state index is 11.8. The minimum Gasteiger partial charge on any atom is -0.497 e. The maximum absolute atomic E-state index is 11.8. The standard InChI is InChI=1S/C18H21ClN2O2/c1-13-3-6-15(11-17(13)19)21-12-18(22)20-10-9-14-4-7-16(23-2)8-5-14/h3-8,11,21H,9-10,12H2,1-2H3,(H,20,22). The van der Waals surface area contributed by atoms with Crippen LogP contribution in [0.5, 0.6) is 5.75 Å². The first-order valence-electron chi connectivity index (χ1n) is 7.48. The van der Waals surface area contributed by atoms with Gasteiger partial charge in [-0.15, -0.1) is 0 Å². The molecule has 0 aromatic heterocycles. The normalized spacial score (nSPS) is 10.2. The number of amides is 1. The number of carbonyl (C=O) groups is 1. The minimum absolute atomic E-state index is 0.0461. The highest BCUT2D eigenvalue weighted by atomic mass is 35.5. The Balaban J connectivity index is 1.71. The lowest BCUT2D eigenvalue weighted by Gasteiger charge is -2.09. The van der Waals surface area contributed by atoms with Gasteiger partial charge in [0.25, 0.3) is 0 Å². The summed E-state index contributed by atoms with van der Waals surface area (Å²) in [7, 11) is 1.64. The minimum atomic E-state index is -0.0461. The van der Waals surface area contributed by atoms with E-state index in [0.717, 1.165) is 29.0 Å². The summed E-state index contributed by atoms with van der Waals surface area (Å²) in [5, 5.41) is 6.64. The summed E-state index contributed by atoms with van der Waals surface area (Å²) in [4.78, 5) is 11.8. The molecule has 0 aliphatic heterocycles. The zero-order valence-corrected chi connectivity index (χ0v) is 14.1. The zero-order chi connectivity index (χ0) is 16.7. The monoisotopic (exact) mass is 332 g/mol. The Morgan fingerprint density at radius 3 is 2.57 bits per heavy atom. The van der Waals surface area contributed by atoms with Gasteiger partial charge in [-0.25, -0.2) is 0 Å². The van der Waals surface area contributed by atoms with E-state index < -0.39 is 0 Å². The van der Waals surface area contributed by atoms with Crippen molar-refractivity contribution in [3.8, 4) is 5.75 Å². The molecule has 0 unspecified atom stereocenters. The van der Waals surface area contributed by atoms with Crippen LogP contribution in [0.2, 0.25) is 5.02 Å². The van der Waals surface area contributed by atoms with Gasteiger partial charge in [-0.3, -0.25) is 4.79 Å². The number of anilines is 1. The molecule has 0 saturated heterocycles. The molecule has 5 heteroatoms. The summed E-state index contributed by atoms with van der Waals surface area (Å²) in [6.45, 7) is 2.77. The van der Waals surface area contributed by atoms with Gasteiger partial charge in [-0.1, -0.05) is 29.8 Å². The first kappa shape index (κ1) is 17.2. The summed E-state index contributed by atoms with van der Waals surface area (Å²) in [5.74, 6) is 0.786. The van der Waals surface area contributed by atoms with Crippen LogP contribution in [0, 0.1) is 6.92 Å². The maximum Gasteiger partial charge on any atom is 0.239 e. The molecule has 0 spiro atoms. The third-order valence-electron chi connectivity index (χ3n) is 3.52. The highest BCUT2D eigenvalue weighted by Gasteiger charge is 2.03. The van der Waals surface area contributed by atoms with Crippen LogP contribution in [0.4, 0.5) is 5.69 Å². The van der Waals surface area contributed by atoms with Crippen LogP contribution in [0.15, 0.2) is 42.5 Å². The molecule has 122 valence electrons. The van der Waals surface area contributed by atoms with E-state index >= 15 is 0 Å². The summed E-state index contributed by atoms with van der Waals surface area (Å²) in [5.41, 5.74) is 3.01. The second kappa shape index (κ2) is 8.44. The lowest BCUT2D eigenvalue weighted by atomic mass is 10.1. The third-order valence-corrected chi connectivity index (χ3v) is 3.93. The Labute approximate surface area is 141 Å². The first-order valence-corrected chi connectivity index (χ1v) is 7.86. The number of aryl methyl sites for hydroxylation is 1. The molecular weight excluding hydrogens is 312 g/mol. The molecule has 0 aliphatic carbocycles. The molecule has 23 heavy (non-hydrogen) atoms. The van der Waals surface area contributed by atoms with E-state index in [1.54, 1.807) is 7.11 Å². The molecule has 1 amide bonds. The van der Waals surface area contributed by atoms with Crippen molar-refractivity contribution in [2.45, 2.75) is 13.3 Å². The average Bonchev–Trinajstić information content (AvgIpc) is 2.56. The predicted octanol–water partition coefficient (Wildman–Crippen LogP) is 3.43. The topological polar surface area (TPSA) is 50.4 Å². The number of methoxy groups -OCH3 is 1. The van der Waals surface area contributed by atoms with Crippen molar-refractivity contribution in [3.63, 3.8) is 0 Å². The van der Waals surface area contributed by atoms with Gasteiger partial charge in [0.1, 0.15) is 5.75 Å². The lowest BCUT2D eigenvalue weighted by molar-refractivity contribution is -0.119. The average molecular weight is 333 g/mol. The molecule has 2 rings (SSSR count). The number of benzene rings is 2. The molecule has 0 aliphatic rings. The molecule has 0 radical (unpaired) electrons. The van der Waals surface area contributed by atoms with Crippen molar-refractivity contribution in [2.24, 2.45) is 0 Å². The number of hydrogen-bond acceptors (Lipinski definition) is 3. The van der Waals surface area contributed by atoms with Crippen molar-refractivity contribution in [2.75, 3.05) is 25.5 Å². The van der Waals surface area contributed by atoms with Crippen molar-refractivity contribution >= 4 is 23.2 Å². The Morgan fingerprint density at radius 2 is 1.91 bits per heavy atom. The predicted molar refractivity (Wildman–Crippen MR) is 94.4 cm³/mol. The number of nitrogens with one attached hydrogen (secondary N) is 2. The van der Waals surface area contributed by atoms with Gasteiger partial charge in [0.05, 0.1) is 13.7 Å². The van der Waals surface area contributed by atoms with Gasteiger partial charge >= 0.3 is 0 Å². The number of rotatable bonds is 7. The van der Waals surface area contributed by atoms with E-state index in [1.165, 1.54) is 0 Å². The summed E-state index contributed by atoms with van der Waals surface area (Å²) in [6.07, 6.45) is 0.784. The lowest BCUT2D eigenvalue weighted by Crippen LogP contribution is -2.31. The molecule has 2 aromatic carbocycles. The first-order chi connectivity index (χ1) is 11.1. The van der Waals surface area contributed by atoms with Crippen molar-refractivity contribution in [1.82, 2.24) is 5.32 Å². The molecule has 4 nitrogen and oxygen atoms in total. The van der Waals surface area contributed by atoms with Crippen molar-refractivity contribution < 1.29 is 9.53 Å². The van der Waals surface area contributed by atoms with E-state index in [4.69, 9.17) is 16.3 Å². The fourth-order valence-electron chi connectivity index (χ4n) is 2.09. The second-order valence-corrected chi connectivity index (χ2v) is 5.67. The SMILES string of the molecule is COc1ccc(CCNC(=O)CNc2ccc(C)c(Cl)c2)cc1. The van der Waals surface area contributed by atoms with Crippen LogP contribution in [0.3, 0.4) is 0 Å². The zero-order valence-electron chi connectivity index (χ0n) is 13.4. The highest BCUT2D eigenvalue weighted by molar-refractivity contribution is 6.31. The van der Waals surface area contributed by atoms with Crippen LogP contribution in [0.1, 0.15) is 11.1 Å². The van der Waals surface area contributed by atoms with E-state index in [1.807, 2.05) is 49.4 Å². The second-order valence-electron chi connectivity index (χ2n) is 5.27. The number of ether oxygens (including phenoxy) is 1. The number of carbonyl (C=O) groups excluding carboxylic acids is 1. The molecular formula is C18H21ClN2O2. The molecule has 2 N–H and O–H groups in total. The fraction of sp³-hybridized carbons (Fsp3) is 0.278. The molecule has 2 aromatic rings. The summed E-state index contributed by atoms with van der Waals surface area (Å²) in [6, 6.07) is 13.5. The van der Waals surface area contributed by atoms with Crippen molar-refractivity contribution in [1.29, 1.82) is 0 Å². The van der Waals surface area contributed by atoms with Crippen LogP contribution >= 0.6 is 11.6 Å². The molecule has 0 heterocycles. The van der Waals surface area contributed by atoms with Gasteiger partial charge < -0.3 is 15.4 Å². The molecule has 0 saturated carbocycles. The molecule has 0 atom stereocenters. The Morgan fingerprint density at radius 1 is 1.17 bits per heavy atom. The van der Waals surface area contributed by atoms with Crippen molar-refractivity contribution in [3.05, 3.63) is 58.6 Å². The Bertz CT molecular complexity index is 657. The van der Waals surface area contributed by atoms with Gasteiger partial charge in [0.15, 0.2) is 0 Å². The third kappa shape index (κ3) is 5.49. The smallest absolute Gasteiger partial charge is 0.239 e. The Kier molecular flexibility index (Phi) is 6.29. The fourth-order valence-corrected chi connectivity index (χ4v) is 2.27. The highest BCUT2D eigenvalue weighted by Crippen LogP contribution is 2.19. The van der Waals surface area contributed by atoms with Gasteiger partial charge in [-0.2, -0.15) is 0 Å². The van der Waals surface area contributed by atoms with Gasteiger partial charge in [0, 0.05) is 17.3 Å². The number of hydrogen-bond donors (Lipinski definition) is 2. The van der Waals surface area contributed by atoms with Gasteiger partial charge in [0.2, 0.25) is 5.91 Å². The van der Waals surface area contributed by atoms with E-state index in [2.05, 4.69) is 10.6 Å². The van der Waals surface area contributed by atoms with Crippen LogP contribution in [-0.2, 0) is 11.2 Å². The largest absolute Gasteiger partial charge is 0.497 e. The van der Waals surface area contributed by atoms with Crippen LogP contribution < -0.4 is 15.4 Å². The molecule has 0 fully saturated rings. The summed E-state index contributed by atoms with van der Waals surface area (Å²) >= 11 is 6.05. The Hall–Kier alpha value is -2.20. The van der Waals surface area contributed by atoms with E-state index in [9.17, 15) is 4.79 Å². The van der Waals surface area contributed by atoms with E-state index in [0.29, 0.717) is 11.6 Å². The molecule has 0 bridgehead atoms. The van der Waals surface area contributed by atoms with Gasteiger partial charge in [-0.05, 0) is 48.7 Å². The van der Waals surface area contributed by atoms with Crippen LogP contribution in [0.25, 0.3) is 0 Å². The quantitative estimate of drug-likeness (QED) is 0.816. The van der Waals surface area contributed by atoms with Crippen LogP contribution in [-0.4, -0.2) is 26.1 Å². The van der Waals surface area contributed by atoms with E-state index in [-0.39, 0.29) is 12.5 Å².